The molecule has 2 aromatic rings. The molecule has 1 amide bonds. The summed E-state index contributed by atoms with van der Waals surface area (Å²) in [7, 11) is 1.34. The van der Waals surface area contributed by atoms with Gasteiger partial charge in [0.2, 0.25) is 0 Å². The second-order valence-electron chi connectivity index (χ2n) is 8.07. The topological polar surface area (TPSA) is 83.5 Å². The molecule has 2 unspecified atom stereocenters. The molecule has 31 heavy (non-hydrogen) atoms. The number of aromatic nitrogens is 1. The van der Waals surface area contributed by atoms with Crippen molar-refractivity contribution in [3.05, 3.63) is 52.8 Å². The van der Waals surface area contributed by atoms with Crippen LogP contribution in [0.3, 0.4) is 0 Å². The zero-order valence-electron chi connectivity index (χ0n) is 18.3. The number of amides is 1. The summed E-state index contributed by atoms with van der Waals surface area (Å²) in [6.07, 6.45) is 5.14. The van der Waals surface area contributed by atoms with Gasteiger partial charge in [0.25, 0.3) is 0 Å². The zero-order valence-corrected chi connectivity index (χ0v) is 19.0. The monoisotopic (exact) mass is 445 g/mol. The number of aryl methyl sites for hydroxylation is 1. The van der Waals surface area contributed by atoms with Crippen molar-refractivity contribution in [2.45, 2.75) is 44.6 Å². The highest BCUT2D eigenvalue weighted by Crippen LogP contribution is 2.44. The van der Waals surface area contributed by atoms with Gasteiger partial charge in [-0.1, -0.05) is 42.8 Å². The van der Waals surface area contributed by atoms with E-state index >= 15 is 0 Å². The maximum absolute atomic E-state index is 12.2. The standard InChI is InChI=1S/C24H32ClN3O3/c1-3-17-7-4-8-18(15-17)21-20(10-14-27-22(21)25)24(30,19-9-5-12-26-16-19)11-6-13-28-23(29)31-2/h4,7-8,10,14-15,19,26,30H,3,5-6,9,11-13,16H2,1-2H3,(H,28,29). The lowest BCUT2D eigenvalue weighted by atomic mass is 9.73. The van der Waals surface area contributed by atoms with E-state index in [2.05, 4.69) is 39.4 Å². The van der Waals surface area contributed by atoms with Crippen molar-refractivity contribution in [3.63, 3.8) is 0 Å². The highest BCUT2D eigenvalue weighted by atomic mass is 35.5. The SMILES string of the molecule is CCc1cccc(-c2c(C(O)(CCCNC(=O)OC)C3CCCNC3)ccnc2Cl)c1. The van der Waals surface area contributed by atoms with Crippen molar-refractivity contribution in [3.8, 4) is 11.1 Å². The Kier molecular flexibility index (Phi) is 8.29. The highest BCUT2D eigenvalue weighted by Gasteiger charge is 2.40. The summed E-state index contributed by atoms with van der Waals surface area (Å²) in [5.74, 6) is 0.0333. The molecule has 168 valence electrons. The summed E-state index contributed by atoms with van der Waals surface area (Å²) in [5.41, 5.74) is 2.65. The number of aliphatic hydroxyl groups is 1. The molecule has 0 spiro atoms. The number of rotatable bonds is 8. The van der Waals surface area contributed by atoms with Crippen molar-refractivity contribution in [2.24, 2.45) is 5.92 Å². The summed E-state index contributed by atoms with van der Waals surface area (Å²) in [6.45, 7) is 4.23. The van der Waals surface area contributed by atoms with E-state index in [1.165, 1.54) is 12.7 Å². The number of benzene rings is 1. The van der Waals surface area contributed by atoms with Gasteiger partial charge < -0.3 is 20.5 Å². The van der Waals surface area contributed by atoms with Crippen molar-refractivity contribution in [1.82, 2.24) is 15.6 Å². The second-order valence-corrected chi connectivity index (χ2v) is 8.43. The predicted octanol–water partition coefficient (Wildman–Crippen LogP) is 4.29. The van der Waals surface area contributed by atoms with Crippen LogP contribution in [0.1, 0.15) is 43.7 Å². The van der Waals surface area contributed by atoms with Crippen LogP contribution in [0.25, 0.3) is 11.1 Å². The third kappa shape index (κ3) is 5.56. The lowest BCUT2D eigenvalue weighted by Crippen LogP contribution is -2.45. The Bertz CT molecular complexity index is 886. The van der Waals surface area contributed by atoms with Gasteiger partial charge in [-0.3, -0.25) is 0 Å². The number of alkyl carbamates (subject to hydrolysis) is 1. The first-order valence-electron chi connectivity index (χ1n) is 11.0. The van der Waals surface area contributed by atoms with Gasteiger partial charge in [-0.15, -0.1) is 0 Å². The normalized spacial score (nSPS) is 18.3. The number of hydrogen-bond donors (Lipinski definition) is 3. The van der Waals surface area contributed by atoms with E-state index in [4.69, 9.17) is 11.6 Å². The molecule has 3 N–H and O–H groups in total. The smallest absolute Gasteiger partial charge is 0.406 e. The number of pyridine rings is 1. The molecule has 2 heterocycles. The molecule has 0 aliphatic carbocycles. The summed E-state index contributed by atoms with van der Waals surface area (Å²) in [6, 6.07) is 10.1. The van der Waals surface area contributed by atoms with Crippen LogP contribution in [-0.4, -0.2) is 42.9 Å². The molecular formula is C24H32ClN3O3. The van der Waals surface area contributed by atoms with E-state index in [1.807, 2.05) is 18.2 Å². The second kappa shape index (κ2) is 10.9. The van der Waals surface area contributed by atoms with Gasteiger partial charge in [0.15, 0.2) is 0 Å². The molecule has 3 rings (SSSR count). The van der Waals surface area contributed by atoms with Crippen LogP contribution in [0.4, 0.5) is 4.79 Å². The number of nitrogens with one attached hydrogen (secondary N) is 2. The third-order valence-electron chi connectivity index (χ3n) is 6.16. The maximum Gasteiger partial charge on any atom is 0.406 e. The number of piperidine rings is 1. The number of carbonyl (C=O) groups is 1. The van der Waals surface area contributed by atoms with Gasteiger partial charge >= 0.3 is 6.09 Å². The number of halogens is 1. The van der Waals surface area contributed by atoms with E-state index in [9.17, 15) is 9.90 Å². The first-order valence-corrected chi connectivity index (χ1v) is 11.4. The van der Waals surface area contributed by atoms with E-state index in [1.54, 1.807) is 6.20 Å². The average molecular weight is 446 g/mol. The largest absolute Gasteiger partial charge is 0.453 e. The van der Waals surface area contributed by atoms with Crippen LogP contribution in [0.5, 0.6) is 0 Å². The van der Waals surface area contributed by atoms with Gasteiger partial charge in [-0.2, -0.15) is 0 Å². The molecule has 0 radical (unpaired) electrons. The first kappa shape index (κ1) is 23.5. The zero-order chi connectivity index (χ0) is 22.3. The summed E-state index contributed by atoms with van der Waals surface area (Å²) < 4.78 is 4.65. The van der Waals surface area contributed by atoms with Crippen LogP contribution in [0, 0.1) is 5.92 Å². The van der Waals surface area contributed by atoms with Crippen LogP contribution < -0.4 is 10.6 Å². The number of nitrogens with zero attached hydrogens (tertiary/aromatic N) is 1. The minimum absolute atomic E-state index is 0.0333. The van der Waals surface area contributed by atoms with Crippen LogP contribution in [0.15, 0.2) is 36.5 Å². The molecule has 6 nitrogen and oxygen atoms in total. The van der Waals surface area contributed by atoms with Crippen LogP contribution >= 0.6 is 11.6 Å². The van der Waals surface area contributed by atoms with Gasteiger partial charge in [-0.25, -0.2) is 9.78 Å². The Morgan fingerprint density at radius 1 is 1.42 bits per heavy atom. The molecule has 0 bridgehead atoms. The quantitative estimate of drug-likeness (QED) is 0.417. The maximum atomic E-state index is 12.2. The Balaban J connectivity index is 2.00. The fourth-order valence-corrected chi connectivity index (χ4v) is 4.72. The summed E-state index contributed by atoms with van der Waals surface area (Å²) in [5, 5.41) is 18.7. The first-order chi connectivity index (χ1) is 15.0. The van der Waals surface area contributed by atoms with Gasteiger partial charge in [0.05, 0.1) is 12.7 Å². The van der Waals surface area contributed by atoms with Crippen LogP contribution in [-0.2, 0) is 16.8 Å². The Morgan fingerprint density at radius 2 is 2.26 bits per heavy atom. The Labute approximate surface area is 189 Å². The van der Waals surface area contributed by atoms with Crippen LogP contribution in [0.2, 0.25) is 5.15 Å². The number of hydrogen-bond acceptors (Lipinski definition) is 5. The highest BCUT2D eigenvalue weighted by molar-refractivity contribution is 6.32. The number of carbonyl (C=O) groups excluding carboxylic acids is 1. The van der Waals surface area contributed by atoms with Crippen molar-refractivity contribution in [1.29, 1.82) is 0 Å². The minimum atomic E-state index is -1.10. The number of methoxy groups -OCH3 is 1. The predicted molar refractivity (Wildman–Crippen MR) is 123 cm³/mol. The lowest BCUT2D eigenvalue weighted by Gasteiger charge is -2.40. The fourth-order valence-electron chi connectivity index (χ4n) is 4.46. The molecule has 0 saturated carbocycles. The molecule has 2 atom stereocenters. The van der Waals surface area contributed by atoms with Crippen molar-refractivity contribution < 1.29 is 14.6 Å². The number of ether oxygens (including phenoxy) is 1. The average Bonchev–Trinajstić information content (AvgIpc) is 2.81. The molecule has 1 aliphatic rings. The molecular weight excluding hydrogens is 414 g/mol. The fraction of sp³-hybridized carbons (Fsp3) is 0.500. The Morgan fingerprint density at radius 3 is 2.97 bits per heavy atom. The molecule has 1 aliphatic heterocycles. The van der Waals surface area contributed by atoms with Gasteiger partial charge in [-0.05, 0) is 61.4 Å². The molecule has 7 heteroatoms. The summed E-state index contributed by atoms with van der Waals surface area (Å²) >= 11 is 6.61. The molecule has 1 saturated heterocycles. The molecule has 1 fully saturated rings. The van der Waals surface area contributed by atoms with Crippen molar-refractivity contribution in [2.75, 3.05) is 26.7 Å². The Hall–Kier alpha value is -2.15. The van der Waals surface area contributed by atoms with Gasteiger partial charge in [0, 0.05) is 30.8 Å². The van der Waals surface area contributed by atoms with E-state index in [-0.39, 0.29) is 5.92 Å². The van der Waals surface area contributed by atoms with E-state index in [0.29, 0.717) is 24.5 Å². The van der Waals surface area contributed by atoms with Gasteiger partial charge in [0.1, 0.15) is 5.15 Å². The minimum Gasteiger partial charge on any atom is -0.453 e. The molecule has 1 aromatic heterocycles. The van der Waals surface area contributed by atoms with E-state index < -0.39 is 11.7 Å². The van der Waals surface area contributed by atoms with E-state index in [0.717, 1.165) is 49.0 Å². The third-order valence-corrected chi connectivity index (χ3v) is 6.44. The summed E-state index contributed by atoms with van der Waals surface area (Å²) in [4.78, 5) is 15.7. The van der Waals surface area contributed by atoms with Crippen molar-refractivity contribution >= 4 is 17.7 Å². The lowest BCUT2D eigenvalue weighted by molar-refractivity contribution is -0.0416. The molecule has 1 aromatic carbocycles.